The van der Waals surface area contributed by atoms with Crippen LogP contribution in [0.1, 0.15) is 34.9 Å². The molecule has 1 aliphatic heterocycles. The van der Waals surface area contributed by atoms with Gasteiger partial charge in [0.2, 0.25) is 0 Å². The lowest BCUT2D eigenvalue weighted by atomic mass is 10.00. The van der Waals surface area contributed by atoms with Gasteiger partial charge < -0.3 is 19.3 Å². The number of likely N-dealkylation sites (tertiary alicyclic amines) is 1. The van der Waals surface area contributed by atoms with Gasteiger partial charge in [-0.25, -0.2) is 0 Å². The number of benzene rings is 1. The number of carbonyl (C=O) groups is 1. The molecule has 27 heavy (non-hydrogen) atoms. The summed E-state index contributed by atoms with van der Waals surface area (Å²) in [4.78, 5) is 15.0. The van der Waals surface area contributed by atoms with Crippen LogP contribution in [-0.4, -0.2) is 49.9 Å². The molecule has 0 aliphatic carbocycles. The fourth-order valence-electron chi connectivity index (χ4n) is 3.72. The van der Waals surface area contributed by atoms with Crippen molar-refractivity contribution in [1.29, 1.82) is 0 Å². The number of thiophene rings is 1. The second-order valence-corrected chi connectivity index (χ2v) is 7.56. The Balaban J connectivity index is 2.17. The van der Waals surface area contributed by atoms with Crippen LogP contribution in [0, 0.1) is 6.92 Å². The molecule has 2 heterocycles. The molecule has 7 heteroatoms. The largest absolute Gasteiger partial charge is 0.496 e. The highest BCUT2D eigenvalue weighted by molar-refractivity contribution is 7.10. The molecule has 1 aromatic heterocycles. The summed E-state index contributed by atoms with van der Waals surface area (Å²) in [6.45, 7) is 2.76. The summed E-state index contributed by atoms with van der Waals surface area (Å²) in [6, 6.07) is 5.07. The van der Waals surface area contributed by atoms with Gasteiger partial charge in [-0.15, -0.1) is 11.3 Å². The van der Waals surface area contributed by atoms with E-state index >= 15 is 0 Å². The summed E-state index contributed by atoms with van der Waals surface area (Å²) in [5.41, 5.74) is 2.04. The molecule has 3 rings (SSSR count). The molecule has 0 amide bonds. The minimum absolute atomic E-state index is 0.220. The van der Waals surface area contributed by atoms with Crippen molar-refractivity contribution < 1.29 is 24.1 Å². The van der Waals surface area contributed by atoms with E-state index in [1.54, 1.807) is 38.7 Å². The van der Waals surface area contributed by atoms with Crippen LogP contribution in [0.4, 0.5) is 0 Å². The molecule has 2 unspecified atom stereocenters. The molecule has 1 aromatic carbocycles. The first-order chi connectivity index (χ1) is 13.0. The second-order valence-electron chi connectivity index (χ2n) is 6.61. The van der Waals surface area contributed by atoms with E-state index in [2.05, 4.69) is 16.3 Å². The maximum Gasteiger partial charge on any atom is 0.320 e. The molecule has 1 aliphatic rings. The Morgan fingerprint density at radius 2 is 1.81 bits per heavy atom. The Bertz CT molecular complexity index is 819. The zero-order valence-electron chi connectivity index (χ0n) is 16.0. The lowest BCUT2D eigenvalue weighted by Crippen LogP contribution is -2.39. The van der Waals surface area contributed by atoms with Gasteiger partial charge in [0.25, 0.3) is 0 Å². The average molecular weight is 391 g/mol. The maximum atomic E-state index is 11.8. The summed E-state index contributed by atoms with van der Waals surface area (Å²) in [7, 11) is 4.78. The minimum Gasteiger partial charge on any atom is -0.496 e. The zero-order valence-corrected chi connectivity index (χ0v) is 16.8. The van der Waals surface area contributed by atoms with E-state index in [-0.39, 0.29) is 6.04 Å². The molecular formula is C20H25NO5S. The Morgan fingerprint density at radius 1 is 1.15 bits per heavy atom. The fraction of sp³-hybridized carbons (Fsp3) is 0.450. The minimum atomic E-state index is -0.787. The molecule has 146 valence electrons. The lowest BCUT2D eigenvalue weighted by Gasteiger charge is -2.32. The molecule has 0 bridgehead atoms. The molecule has 1 saturated heterocycles. The van der Waals surface area contributed by atoms with Crippen molar-refractivity contribution in [1.82, 2.24) is 4.90 Å². The zero-order chi connectivity index (χ0) is 19.6. The standard InChI is InChI=1S/C20H25NO5S/c1-12-8-18(27-11-12)19(21-7-5-6-14(21)20(22)23)13-9-16(25-3)17(26-4)10-15(13)24-2/h8-11,14,19H,5-7H2,1-4H3,(H,22,23). The number of aliphatic carboxylic acids is 1. The van der Waals surface area contributed by atoms with Gasteiger partial charge in [0.15, 0.2) is 11.5 Å². The number of nitrogens with zero attached hydrogens (tertiary/aromatic N) is 1. The molecule has 2 aromatic rings. The number of aryl methyl sites for hydroxylation is 1. The monoisotopic (exact) mass is 391 g/mol. The number of methoxy groups -OCH3 is 3. The van der Waals surface area contributed by atoms with Crippen molar-refractivity contribution in [3.05, 3.63) is 39.6 Å². The highest BCUT2D eigenvalue weighted by Crippen LogP contribution is 2.45. The highest BCUT2D eigenvalue weighted by atomic mass is 32.1. The van der Waals surface area contributed by atoms with E-state index in [4.69, 9.17) is 14.2 Å². The third-order valence-electron chi connectivity index (χ3n) is 4.96. The predicted molar refractivity (Wildman–Crippen MR) is 104 cm³/mol. The van der Waals surface area contributed by atoms with Crippen LogP contribution in [0.25, 0.3) is 0 Å². The predicted octanol–water partition coefficient (Wildman–Crippen LogP) is 3.72. The van der Waals surface area contributed by atoms with Gasteiger partial charge >= 0.3 is 5.97 Å². The number of hydrogen-bond acceptors (Lipinski definition) is 6. The van der Waals surface area contributed by atoms with Crippen LogP contribution in [0.5, 0.6) is 17.2 Å². The van der Waals surface area contributed by atoms with E-state index in [0.717, 1.165) is 29.0 Å². The van der Waals surface area contributed by atoms with Crippen LogP contribution in [0.2, 0.25) is 0 Å². The van der Waals surface area contributed by atoms with Crippen molar-refractivity contribution in [2.45, 2.75) is 31.8 Å². The van der Waals surface area contributed by atoms with E-state index in [9.17, 15) is 9.90 Å². The summed E-state index contributed by atoms with van der Waals surface area (Å²) in [5, 5.41) is 11.8. The highest BCUT2D eigenvalue weighted by Gasteiger charge is 2.39. The van der Waals surface area contributed by atoms with Crippen LogP contribution in [0.3, 0.4) is 0 Å². The molecule has 2 atom stereocenters. The molecule has 0 saturated carbocycles. The van der Waals surface area contributed by atoms with Gasteiger partial charge in [-0.05, 0) is 42.8 Å². The van der Waals surface area contributed by atoms with Crippen molar-refractivity contribution in [2.75, 3.05) is 27.9 Å². The third kappa shape index (κ3) is 3.75. The normalized spacial score (nSPS) is 18.3. The van der Waals surface area contributed by atoms with Crippen LogP contribution in [0.15, 0.2) is 23.6 Å². The van der Waals surface area contributed by atoms with Crippen molar-refractivity contribution >= 4 is 17.3 Å². The van der Waals surface area contributed by atoms with Crippen LogP contribution >= 0.6 is 11.3 Å². The van der Waals surface area contributed by atoms with Gasteiger partial charge in [-0.1, -0.05) is 0 Å². The molecule has 6 nitrogen and oxygen atoms in total. The van der Waals surface area contributed by atoms with E-state index in [0.29, 0.717) is 23.7 Å². The van der Waals surface area contributed by atoms with Crippen LogP contribution in [-0.2, 0) is 4.79 Å². The quantitative estimate of drug-likeness (QED) is 0.776. The second kappa shape index (κ2) is 8.19. The van der Waals surface area contributed by atoms with Gasteiger partial charge in [-0.2, -0.15) is 0 Å². The van der Waals surface area contributed by atoms with Gasteiger partial charge in [-0.3, -0.25) is 9.69 Å². The Morgan fingerprint density at radius 3 is 2.37 bits per heavy atom. The lowest BCUT2D eigenvalue weighted by molar-refractivity contribution is -0.142. The van der Waals surface area contributed by atoms with Crippen molar-refractivity contribution in [2.24, 2.45) is 0 Å². The Hall–Kier alpha value is -2.25. The number of carboxylic acids is 1. The molecule has 0 spiro atoms. The molecule has 0 radical (unpaired) electrons. The number of hydrogen-bond donors (Lipinski definition) is 1. The van der Waals surface area contributed by atoms with Crippen molar-refractivity contribution in [3.8, 4) is 17.2 Å². The van der Waals surface area contributed by atoms with E-state index < -0.39 is 12.0 Å². The topological polar surface area (TPSA) is 68.2 Å². The van der Waals surface area contributed by atoms with Gasteiger partial charge in [0, 0.05) is 23.1 Å². The number of rotatable bonds is 7. The van der Waals surface area contributed by atoms with E-state index in [1.165, 1.54) is 0 Å². The Labute approximate surface area is 163 Å². The van der Waals surface area contributed by atoms with Crippen molar-refractivity contribution in [3.63, 3.8) is 0 Å². The molecular weight excluding hydrogens is 366 g/mol. The summed E-state index contributed by atoms with van der Waals surface area (Å²) >= 11 is 1.63. The first kappa shape index (κ1) is 19.5. The first-order valence-electron chi connectivity index (χ1n) is 8.83. The number of carboxylic acid groups (broad SMARTS) is 1. The maximum absolute atomic E-state index is 11.8. The average Bonchev–Trinajstić information content (AvgIpc) is 3.31. The van der Waals surface area contributed by atoms with Crippen LogP contribution < -0.4 is 14.2 Å². The smallest absolute Gasteiger partial charge is 0.320 e. The third-order valence-corrected chi connectivity index (χ3v) is 6.06. The van der Waals surface area contributed by atoms with Gasteiger partial charge in [0.1, 0.15) is 11.8 Å². The molecule has 1 N–H and O–H groups in total. The SMILES string of the molecule is COc1cc(OC)c(C(c2cc(C)cs2)N2CCCC2C(=O)O)cc1OC. The molecule has 1 fully saturated rings. The number of ether oxygens (including phenoxy) is 3. The van der Waals surface area contributed by atoms with Gasteiger partial charge in [0.05, 0.1) is 27.4 Å². The summed E-state index contributed by atoms with van der Waals surface area (Å²) in [5.74, 6) is 1.04. The fourth-order valence-corrected chi connectivity index (χ4v) is 4.76. The first-order valence-corrected chi connectivity index (χ1v) is 9.71. The summed E-state index contributed by atoms with van der Waals surface area (Å²) < 4.78 is 16.5. The Kier molecular flexibility index (Phi) is 5.92. The van der Waals surface area contributed by atoms with E-state index in [1.807, 2.05) is 13.0 Å². The summed E-state index contributed by atoms with van der Waals surface area (Å²) in [6.07, 6.45) is 1.50.